The number of carbonyl (C=O) groups is 1. The number of amides is 1. The molecule has 5 heteroatoms. The molecule has 2 unspecified atom stereocenters. The first kappa shape index (κ1) is 22.6. The summed E-state index contributed by atoms with van der Waals surface area (Å²) >= 11 is 0. The van der Waals surface area contributed by atoms with Gasteiger partial charge in [0.2, 0.25) is 0 Å². The first-order valence-electron chi connectivity index (χ1n) is 11.2. The Bertz CT molecular complexity index is 997. The first-order chi connectivity index (χ1) is 14.9. The van der Waals surface area contributed by atoms with Crippen molar-refractivity contribution in [2.45, 2.75) is 53.4 Å². The molecule has 4 N–H and O–H groups in total. The molecule has 1 heterocycles. The molecule has 0 saturated carbocycles. The number of nitrogens with one attached hydrogen (secondary N) is 4. The van der Waals surface area contributed by atoms with Crippen molar-refractivity contribution < 1.29 is 4.79 Å². The average molecular weight is 419 g/mol. The van der Waals surface area contributed by atoms with Crippen molar-refractivity contribution >= 4 is 11.7 Å². The van der Waals surface area contributed by atoms with Gasteiger partial charge in [0.05, 0.1) is 5.57 Å². The van der Waals surface area contributed by atoms with E-state index < -0.39 is 0 Å². The van der Waals surface area contributed by atoms with Gasteiger partial charge < -0.3 is 16.0 Å². The van der Waals surface area contributed by atoms with Crippen LogP contribution in [0.4, 0.5) is 0 Å². The highest BCUT2D eigenvalue weighted by Gasteiger charge is 2.35. The van der Waals surface area contributed by atoms with E-state index in [1.807, 2.05) is 13.8 Å². The second kappa shape index (κ2) is 9.82. The maximum atomic E-state index is 12.8. The van der Waals surface area contributed by atoms with Crippen LogP contribution in [0.5, 0.6) is 0 Å². The van der Waals surface area contributed by atoms with Crippen molar-refractivity contribution in [1.29, 1.82) is 5.41 Å². The molecule has 0 spiro atoms. The Kier molecular flexibility index (Phi) is 7.16. The van der Waals surface area contributed by atoms with Crippen LogP contribution in [0.25, 0.3) is 0 Å². The average Bonchev–Trinajstić information content (AvgIpc) is 3.08. The highest BCUT2D eigenvalue weighted by Crippen LogP contribution is 2.42. The van der Waals surface area contributed by atoms with Crippen LogP contribution in [-0.2, 0) is 11.2 Å². The van der Waals surface area contributed by atoms with E-state index >= 15 is 0 Å². The number of amidine groups is 1. The molecule has 31 heavy (non-hydrogen) atoms. The molecular formula is C26H34N4O. The number of benzene rings is 1. The minimum atomic E-state index is -0.111. The maximum Gasteiger partial charge on any atom is 0.258 e. The molecule has 0 aromatic heterocycles. The van der Waals surface area contributed by atoms with Crippen molar-refractivity contribution in [3.8, 4) is 0 Å². The van der Waals surface area contributed by atoms with Crippen LogP contribution in [-0.4, -0.2) is 18.3 Å². The van der Waals surface area contributed by atoms with Crippen LogP contribution in [0.15, 0.2) is 65.2 Å². The molecule has 2 aliphatic rings. The molecule has 1 fully saturated rings. The van der Waals surface area contributed by atoms with E-state index in [0.717, 1.165) is 30.7 Å². The number of aryl methyl sites for hydroxylation is 2. The summed E-state index contributed by atoms with van der Waals surface area (Å²) in [6, 6.07) is 6.72. The second-order valence-corrected chi connectivity index (χ2v) is 8.19. The number of hydrogen-bond donors (Lipinski definition) is 4. The summed E-state index contributed by atoms with van der Waals surface area (Å²) in [5.74, 6) is 0.681. The smallest absolute Gasteiger partial charge is 0.258 e. The lowest BCUT2D eigenvalue weighted by atomic mass is 9.76. The third-order valence-electron chi connectivity index (χ3n) is 6.07. The molecule has 3 rings (SSSR count). The lowest BCUT2D eigenvalue weighted by Gasteiger charge is -2.28. The Morgan fingerprint density at radius 1 is 1.23 bits per heavy atom. The quantitative estimate of drug-likeness (QED) is 0.297. The molecule has 1 aromatic carbocycles. The highest BCUT2D eigenvalue weighted by atomic mass is 16.2. The Morgan fingerprint density at radius 2 is 2.00 bits per heavy atom. The van der Waals surface area contributed by atoms with Crippen LogP contribution in [0.2, 0.25) is 0 Å². The van der Waals surface area contributed by atoms with Crippen molar-refractivity contribution in [3.05, 3.63) is 81.9 Å². The summed E-state index contributed by atoms with van der Waals surface area (Å²) in [6.45, 7) is 11.2. The number of fused-ring (bicyclic) bond motifs is 1. The van der Waals surface area contributed by atoms with E-state index in [1.165, 1.54) is 16.7 Å². The minimum absolute atomic E-state index is 0.111. The van der Waals surface area contributed by atoms with Gasteiger partial charge >= 0.3 is 0 Å². The summed E-state index contributed by atoms with van der Waals surface area (Å²) in [5.41, 5.74) is 7.08. The summed E-state index contributed by atoms with van der Waals surface area (Å²) in [6.07, 6.45) is 9.86. The van der Waals surface area contributed by atoms with Gasteiger partial charge in [-0.15, -0.1) is 0 Å². The SMILES string of the molecule is CCN/C=C\C(=N)N/C(C)=C1\C(=O)NC2=CC(CC)C(c3cc(CC)ccc3C)C=C21. The fraction of sp³-hybridized carbons (Fsp3) is 0.385. The Morgan fingerprint density at radius 3 is 2.68 bits per heavy atom. The summed E-state index contributed by atoms with van der Waals surface area (Å²) < 4.78 is 0. The van der Waals surface area contributed by atoms with Crippen molar-refractivity contribution in [3.63, 3.8) is 0 Å². The molecule has 1 aliphatic heterocycles. The van der Waals surface area contributed by atoms with E-state index in [2.05, 4.69) is 67.1 Å². The van der Waals surface area contributed by atoms with Gasteiger partial charge in [-0.2, -0.15) is 0 Å². The van der Waals surface area contributed by atoms with Gasteiger partial charge in [0.1, 0.15) is 5.84 Å². The predicted molar refractivity (Wildman–Crippen MR) is 128 cm³/mol. The first-order valence-corrected chi connectivity index (χ1v) is 11.2. The molecule has 1 saturated heterocycles. The van der Waals surface area contributed by atoms with Crippen molar-refractivity contribution in [1.82, 2.24) is 16.0 Å². The van der Waals surface area contributed by atoms with Gasteiger partial charge in [-0.25, -0.2) is 0 Å². The monoisotopic (exact) mass is 418 g/mol. The highest BCUT2D eigenvalue weighted by molar-refractivity contribution is 6.06. The van der Waals surface area contributed by atoms with E-state index in [-0.39, 0.29) is 17.7 Å². The topological polar surface area (TPSA) is 77.0 Å². The molecule has 1 aliphatic carbocycles. The lowest BCUT2D eigenvalue weighted by molar-refractivity contribution is -0.115. The zero-order chi connectivity index (χ0) is 22.5. The molecule has 1 amide bonds. The molecule has 5 nitrogen and oxygen atoms in total. The molecule has 0 radical (unpaired) electrons. The van der Waals surface area contributed by atoms with Crippen LogP contribution in [0.1, 0.15) is 56.7 Å². The van der Waals surface area contributed by atoms with E-state index in [4.69, 9.17) is 5.41 Å². The maximum absolute atomic E-state index is 12.8. The molecule has 164 valence electrons. The Balaban J connectivity index is 2.00. The molecular weight excluding hydrogens is 384 g/mol. The minimum Gasteiger partial charge on any atom is -0.391 e. The van der Waals surface area contributed by atoms with Gasteiger partial charge in [0.15, 0.2) is 0 Å². The fourth-order valence-electron chi connectivity index (χ4n) is 4.33. The van der Waals surface area contributed by atoms with E-state index in [1.54, 1.807) is 12.3 Å². The van der Waals surface area contributed by atoms with E-state index in [9.17, 15) is 4.79 Å². The van der Waals surface area contributed by atoms with Crippen LogP contribution in [0, 0.1) is 18.3 Å². The van der Waals surface area contributed by atoms with Crippen molar-refractivity contribution in [2.24, 2.45) is 5.92 Å². The number of allylic oxidation sites excluding steroid dienone is 4. The van der Waals surface area contributed by atoms with Crippen molar-refractivity contribution in [2.75, 3.05) is 6.54 Å². The molecule has 0 bridgehead atoms. The summed E-state index contributed by atoms with van der Waals surface area (Å²) in [4.78, 5) is 12.8. The van der Waals surface area contributed by atoms with Gasteiger partial charge in [-0.3, -0.25) is 10.2 Å². The van der Waals surface area contributed by atoms with Crippen LogP contribution < -0.4 is 16.0 Å². The fourth-order valence-corrected chi connectivity index (χ4v) is 4.33. The Labute approximate surface area is 185 Å². The normalized spacial score (nSPS) is 21.9. The van der Waals surface area contributed by atoms with E-state index in [0.29, 0.717) is 17.2 Å². The summed E-state index contributed by atoms with van der Waals surface area (Å²) in [7, 11) is 0. The Hall–Kier alpha value is -3.08. The third kappa shape index (κ3) is 4.82. The van der Waals surface area contributed by atoms with Gasteiger partial charge in [-0.05, 0) is 62.3 Å². The number of rotatable bonds is 7. The van der Waals surface area contributed by atoms with Gasteiger partial charge in [0, 0.05) is 35.6 Å². The summed E-state index contributed by atoms with van der Waals surface area (Å²) in [5, 5.41) is 17.3. The predicted octanol–water partition coefficient (Wildman–Crippen LogP) is 4.58. The standard InChI is InChI=1S/C26H34N4O/c1-6-18-10-9-16(4)20(13-18)21-15-22-23(14-19(21)7-2)30-26(31)25(22)17(5)29-24(27)11-12-28-8-3/h9-15,19,21,28H,6-8H2,1-5H3,(H2,27,29)(H,30,31)/b12-11-,25-17-. The van der Waals surface area contributed by atoms with Crippen LogP contribution >= 0.6 is 0 Å². The van der Waals surface area contributed by atoms with Gasteiger partial charge in [0.25, 0.3) is 5.91 Å². The lowest BCUT2D eigenvalue weighted by Crippen LogP contribution is -2.23. The third-order valence-corrected chi connectivity index (χ3v) is 6.07. The molecule has 1 aromatic rings. The second-order valence-electron chi connectivity index (χ2n) is 8.19. The van der Waals surface area contributed by atoms with Crippen LogP contribution in [0.3, 0.4) is 0 Å². The largest absolute Gasteiger partial charge is 0.391 e. The molecule has 2 atom stereocenters. The number of hydrogen-bond acceptors (Lipinski definition) is 3. The zero-order valence-corrected chi connectivity index (χ0v) is 19.2. The number of carbonyl (C=O) groups excluding carboxylic acids is 1. The van der Waals surface area contributed by atoms with Gasteiger partial charge in [-0.1, -0.05) is 44.2 Å². The zero-order valence-electron chi connectivity index (χ0n) is 19.2.